The molecule has 0 saturated carbocycles. The first kappa shape index (κ1) is 24.6. The summed E-state index contributed by atoms with van der Waals surface area (Å²) in [5.41, 5.74) is 9.07. The Morgan fingerprint density at radius 1 is 1.08 bits per heavy atom. The summed E-state index contributed by atoms with van der Waals surface area (Å²) < 4.78 is 1.75. The Bertz CT molecular complexity index is 1480. The van der Waals surface area contributed by atoms with Crippen LogP contribution in [0.3, 0.4) is 0 Å². The third-order valence-corrected chi connectivity index (χ3v) is 6.20. The van der Waals surface area contributed by atoms with E-state index < -0.39 is 0 Å². The average molecular weight is 485 g/mol. The van der Waals surface area contributed by atoms with Gasteiger partial charge in [-0.3, -0.25) is 14.4 Å². The largest absolute Gasteiger partial charge is 0.385 e. The van der Waals surface area contributed by atoms with E-state index in [2.05, 4.69) is 15.6 Å². The van der Waals surface area contributed by atoms with Gasteiger partial charge in [0.25, 0.3) is 0 Å². The number of benzene rings is 1. The molecule has 1 aromatic carbocycles. The predicted octanol–water partition coefficient (Wildman–Crippen LogP) is 3.09. The molecule has 2 amide bonds. The van der Waals surface area contributed by atoms with Gasteiger partial charge in [-0.2, -0.15) is 0 Å². The molecule has 3 heterocycles. The highest BCUT2D eigenvalue weighted by atomic mass is 16.2. The molecular formula is C27H28N6O3. The van der Waals surface area contributed by atoms with Crippen molar-refractivity contribution in [3.05, 3.63) is 82.1 Å². The monoisotopic (exact) mass is 484 g/mol. The Hall–Kier alpha value is -4.53. The first-order valence-corrected chi connectivity index (χ1v) is 11.7. The van der Waals surface area contributed by atoms with Gasteiger partial charge in [0.05, 0.1) is 23.4 Å². The normalized spacial score (nSPS) is 11.8. The van der Waals surface area contributed by atoms with Crippen LogP contribution in [-0.2, 0) is 22.6 Å². The summed E-state index contributed by atoms with van der Waals surface area (Å²) in [6, 6.07) is 16.4. The Morgan fingerprint density at radius 2 is 1.83 bits per heavy atom. The number of pyridine rings is 3. The maximum Gasteiger partial charge on any atom is 0.232 e. The van der Waals surface area contributed by atoms with Gasteiger partial charge >= 0.3 is 0 Å². The fourth-order valence-corrected chi connectivity index (χ4v) is 4.05. The summed E-state index contributed by atoms with van der Waals surface area (Å²) >= 11 is 0. The van der Waals surface area contributed by atoms with E-state index in [-0.39, 0.29) is 41.0 Å². The van der Waals surface area contributed by atoms with Crippen molar-refractivity contribution in [1.82, 2.24) is 19.9 Å². The molecule has 184 valence electrons. The van der Waals surface area contributed by atoms with Crippen LogP contribution in [0.25, 0.3) is 22.3 Å². The van der Waals surface area contributed by atoms with Crippen LogP contribution in [0.2, 0.25) is 0 Å². The van der Waals surface area contributed by atoms with E-state index >= 15 is 0 Å². The first-order valence-electron chi connectivity index (χ1n) is 11.7. The summed E-state index contributed by atoms with van der Waals surface area (Å²) in [4.78, 5) is 46.5. The minimum atomic E-state index is -0.380. The van der Waals surface area contributed by atoms with Gasteiger partial charge in [0, 0.05) is 30.9 Å². The molecule has 4 N–H and O–H groups in total. The molecule has 0 aliphatic carbocycles. The van der Waals surface area contributed by atoms with Crippen LogP contribution in [-0.4, -0.2) is 33.4 Å². The minimum absolute atomic E-state index is 0.0909. The second kappa shape index (κ2) is 10.4. The SMILES string of the molecule is CCn1c(N)c(CC(=O)NC)c(=O)c2ccc(-c3ccc(C(C)C(=O)Nc4ccccn4)cc3)nc21. The van der Waals surface area contributed by atoms with Crippen molar-refractivity contribution in [3.8, 4) is 11.3 Å². The van der Waals surface area contributed by atoms with Gasteiger partial charge < -0.3 is 20.9 Å². The van der Waals surface area contributed by atoms with Gasteiger partial charge in [-0.25, -0.2) is 9.97 Å². The predicted molar refractivity (Wildman–Crippen MR) is 141 cm³/mol. The molecule has 1 unspecified atom stereocenters. The second-order valence-corrected chi connectivity index (χ2v) is 8.40. The van der Waals surface area contributed by atoms with E-state index in [0.717, 1.165) is 11.1 Å². The lowest BCUT2D eigenvalue weighted by atomic mass is 9.98. The van der Waals surface area contributed by atoms with Gasteiger partial charge in [0.2, 0.25) is 11.8 Å². The number of nitrogens with two attached hydrogens (primary N) is 1. The molecule has 9 heteroatoms. The number of hydrogen-bond acceptors (Lipinski definition) is 6. The molecule has 3 aromatic heterocycles. The van der Waals surface area contributed by atoms with Crippen molar-refractivity contribution in [2.75, 3.05) is 18.1 Å². The van der Waals surface area contributed by atoms with Gasteiger partial charge in [-0.15, -0.1) is 0 Å². The maximum absolute atomic E-state index is 13.1. The van der Waals surface area contributed by atoms with Gasteiger partial charge in [-0.05, 0) is 43.7 Å². The highest BCUT2D eigenvalue weighted by molar-refractivity contribution is 5.95. The number of carbonyl (C=O) groups excluding carboxylic acids is 2. The van der Waals surface area contributed by atoms with E-state index in [4.69, 9.17) is 10.7 Å². The average Bonchev–Trinajstić information content (AvgIpc) is 2.91. The zero-order valence-electron chi connectivity index (χ0n) is 20.4. The fourth-order valence-electron chi connectivity index (χ4n) is 4.05. The Kier molecular flexibility index (Phi) is 7.10. The van der Waals surface area contributed by atoms with E-state index in [1.807, 2.05) is 44.2 Å². The highest BCUT2D eigenvalue weighted by Crippen LogP contribution is 2.25. The number of nitrogen functional groups attached to an aromatic ring is 1. The Labute approximate surface area is 208 Å². The molecular weight excluding hydrogens is 456 g/mol. The molecule has 0 aliphatic rings. The molecule has 4 aromatic rings. The second-order valence-electron chi connectivity index (χ2n) is 8.40. The van der Waals surface area contributed by atoms with Crippen LogP contribution < -0.4 is 21.8 Å². The summed E-state index contributed by atoms with van der Waals surface area (Å²) in [5.74, 6) is -0.0690. The van der Waals surface area contributed by atoms with Crippen LogP contribution in [0, 0.1) is 0 Å². The summed E-state index contributed by atoms with van der Waals surface area (Å²) in [5, 5.41) is 5.75. The number of amides is 2. The lowest BCUT2D eigenvalue weighted by Crippen LogP contribution is -2.27. The van der Waals surface area contributed by atoms with Crippen molar-refractivity contribution >= 4 is 34.5 Å². The number of carbonyl (C=O) groups is 2. The molecule has 36 heavy (non-hydrogen) atoms. The van der Waals surface area contributed by atoms with Crippen molar-refractivity contribution in [3.63, 3.8) is 0 Å². The molecule has 0 saturated heterocycles. The smallest absolute Gasteiger partial charge is 0.232 e. The van der Waals surface area contributed by atoms with Gasteiger partial charge in [0.1, 0.15) is 17.3 Å². The molecule has 0 radical (unpaired) electrons. The van der Waals surface area contributed by atoms with Crippen LogP contribution in [0.5, 0.6) is 0 Å². The number of anilines is 2. The zero-order chi connectivity index (χ0) is 25.8. The number of likely N-dealkylation sites (N-methyl/N-ethyl adjacent to an activating group) is 1. The van der Waals surface area contributed by atoms with E-state index in [1.165, 1.54) is 7.05 Å². The number of aryl methyl sites for hydroxylation is 1. The van der Waals surface area contributed by atoms with Crippen LogP contribution in [0.4, 0.5) is 11.6 Å². The molecule has 0 spiro atoms. The first-order chi connectivity index (χ1) is 17.3. The van der Waals surface area contributed by atoms with Crippen molar-refractivity contribution < 1.29 is 9.59 Å². The summed E-state index contributed by atoms with van der Waals surface area (Å²) in [6.07, 6.45) is 1.53. The number of rotatable bonds is 7. The number of aromatic nitrogens is 3. The van der Waals surface area contributed by atoms with Crippen molar-refractivity contribution in [2.24, 2.45) is 0 Å². The third kappa shape index (κ3) is 4.81. The number of nitrogens with zero attached hydrogens (tertiary/aromatic N) is 3. The summed E-state index contributed by atoms with van der Waals surface area (Å²) in [6.45, 7) is 4.23. The number of nitrogens with one attached hydrogen (secondary N) is 2. The zero-order valence-corrected chi connectivity index (χ0v) is 20.4. The Balaban J connectivity index is 1.64. The number of fused-ring (bicyclic) bond motifs is 1. The lowest BCUT2D eigenvalue weighted by molar-refractivity contribution is -0.120. The lowest BCUT2D eigenvalue weighted by Gasteiger charge is -2.16. The van der Waals surface area contributed by atoms with Gasteiger partial charge in [-0.1, -0.05) is 30.3 Å². The summed E-state index contributed by atoms with van der Waals surface area (Å²) in [7, 11) is 1.52. The minimum Gasteiger partial charge on any atom is -0.385 e. The molecule has 4 rings (SSSR count). The number of hydrogen-bond donors (Lipinski definition) is 3. The van der Waals surface area contributed by atoms with Crippen LogP contribution in [0.1, 0.15) is 30.9 Å². The maximum atomic E-state index is 13.1. The molecule has 0 fully saturated rings. The van der Waals surface area contributed by atoms with Gasteiger partial charge in [0.15, 0.2) is 5.43 Å². The topological polar surface area (TPSA) is 132 Å². The standard InChI is InChI=1S/C27H28N6O3/c1-4-33-25(28)20(15-23(34)29-3)24(35)19-12-13-21(31-26(19)33)18-10-8-17(9-11-18)16(2)27(36)32-22-7-5-6-14-30-22/h5-14,16H,4,15,28H2,1-3H3,(H,29,34)(H,30,32,36). The third-order valence-electron chi connectivity index (χ3n) is 6.20. The molecule has 0 bridgehead atoms. The fraction of sp³-hybridized carbons (Fsp3) is 0.222. The molecule has 9 nitrogen and oxygen atoms in total. The Morgan fingerprint density at radius 3 is 2.47 bits per heavy atom. The van der Waals surface area contributed by atoms with Crippen LogP contribution in [0.15, 0.2) is 65.6 Å². The molecule has 1 atom stereocenters. The van der Waals surface area contributed by atoms with E-state index in [1.54, 1.807) is 35.0 Å². The van der Waals surface area contributed by atoms with Crippen molar-refractivity contribution in [2.45, 2.75) is 32.7 Å². The quantitative estimate of drug-likeness (QED) is 0.369. The highest BCUT2D eigenvalue weighted by Gasteiger charge is 2.19. The molecule has 0 aliphatic heterocycles. The van der Waals surface area contributed by atoms with E-state index in [0.29, 0.717) is 29.1 Å². The van der Waals surface area contributed by atoms with Crippen LogP contribution >= 0.6 is 0 Å². The van der Waals surface area contributed by atoms with E-state index in [9.17, 15) is 14.4 Å². The van der Waals surface area contributed by atoms with Crippen molar-refractivity contribution in [1.29, 1.82) is 0 Å².